The van der Waals surface area contributed by atoms with Gasteiger partial charge in [0.05, 0.1) is 5.41 Å². The van der Waals surface area contributed by atoms with Crippen LogP contribution >= 0.6 is 0 Å². The summed E-state index contributed by atoms with van der Waals surface area (Å²) < 4.78 is 0. The molecule has 0 unspecified atom stereocenters. The summed E-state index contributed by atoms with van der Waals surface area (Å²) >= 11 is 0. The Morgan fingerprint density at radius 1 is 1.25 bits per heavy atom. The van der Waals surface area contributed by atoms with Gasteiger partial charge in [-0.25, -0.2) is 0 Å². The number of hydrogen-bond acceptors (Lipinski definition) is 3. The Morgan fingerprint density at radius 2 is 1.75 bits per heavy atom. The highest BCUT2D eigenvalue weighted by Crippen LogP contribution is 2.21. The molecule has 4 heteroatoms. The lowest BCUT2D eigenvalue weighted by molar-refractivity contribution is -0.148. The second kappa shape index (κ2) is 5.64. The highest BCUT2D eigenvalue weighted by Gasteiger charge is 2.31. The Bertz CT molecular complexity index is 237. The van der Waals surface area contributed by atoms with Crippen molar-refractivity contribution in [3.8, 4) is 0 Å². The van der Waals surface area contributed by atoms with Crippen LogP contribution in [0.2, 0.25) is 0 Å². The van der Waals surface area contributed by atoms with E-state index < -0.39 is 11.4 Å². The molecule has 0 aromatic rings. The van der Waals surface area contributed by atoms with Gasteiger partial charge in [0.2, 0.25) is 0 Å². The van der Waals surface area contributed by atoms with Gasteiger partial charge < -0.3 is 15.7 Å². The van der Waals surface area contributed by atoms with Gasteiger partial charge in [-0.1, -0.05) is 20.8 Å². The quantitative estimate of drug-likeness (QED) is 0.694. The average Bonchev–Trinajstić information content (AvgIpc) is 2.15. The van der Waals surface area contributed by atoms with E-state index in [1.54, 1.807) is 13.8 Å². The molecule has 0 radical (unpaired) electrons. The summed E-state index contributed by atoms with van der Waals surface area (Å²) in [5.74, 6) is -0.753. The minimum Gasteiger partial charge on any atom is -0.481 e. The van der Waals surface area contributed by atoms with Crippen LogP contribution in [0.25, 0.3) is 0 Å². The molecule has 0 rings (SSSR count). The number of nitrogens with two attached hydrogens (primary N) is 1. The molecule has 0 atom stereocenters. The van der Waals surface area contributed by atoms with Gasteiger partial charge in [0.1, 0.15) is 0 Å². The highest BCUT2D eigenvalue weighted by atomic mass is 16.4. The first kappa shape index (κ1) is 15.4. The first-order valence-electron chi connectivity index (χ1n) is 5.80. The number of nitrogens with zero attached hydrogens (tertiary/aromatic N) is 1. The van der Waals surface area contributed by atoms with Crippen molar-refractivity contribution in [2.24, 2.45) is 16.6 Å². The minimum atomic E-state index is -0.753. The first-order chi connectivity index (χ1) is 7.14. The summed E-state index contributed by atoms with van der Waals surface area (Å²) in [6.07, 6.45) is 0. The van der Waals surface area contributed by atoms with Crippen LogP contribution in [0.3, 0.4) is 0 Å². The molecule has 0 spiro atoms. The SMILES string of the molecule is CCN(CC(C)(C)CN)CC(C)(C)C(=O)O. The average molecular weight is 230 g/mol. The maximum Gasteiger partial charge on any atom is 0.310 e. The number of aliphatic carboxylic acids is 1. The van der Waals surface area contributed by atoms with E-state index >= 15 is 0 Å². The van der Waals surface area contributed by atoms with E-state index in [-0.39, 0.29) is 5.41 Å². The molecule has 0 saturated heterocycles. The van der Waals surface area contributed by atoms with E-state index in [0.29, 0.717) is 13.1 Å². The van der Waals surface area contributed by atoms with E-state index in [1.807, 2.05) is 6.92 Å². The number of rotatable bonds is 7. The van der Waals surface area contributed by atoms with Crippen molar-refractivity contribution in [1.29, 1.82) is 0 Å². The van der Waals surface area contributed by atoms with Crippen LogP contribution in [0.4, 0.5) is 0 Å². The minimum absolute atomic E-state index is 0.0323. The molecule has 0 aromatic heterocycles. The molecule has 96 valence electrons. The third-order valence-electron chi connectivity index (χ3n) is 2.85. The fraction of sp³-hybridized carbons (Fsp3) is 0.917. The van der Waals surface area contributed by atoms with Gasteiger partial charge in [0, 0.05) is 13.1 Å². The van der Waals surface area contributed by atoms with Crippen LogP contribution in [0, 0.1) is 10.8 Å². The van der Waals surface area contributed by atoms with E-state index in [2.05, 4.69) is 18.7 Å². The van der Waals surface area contributed by atoms with Crippen LogP contribution in [-0.2, 0) is 4.79 Å². The van der Waals surface area contributed by atoms with Crippen molar-refractivity contribution in [1.82, 2.24) is 4.90 Å². The Balaban J connectivity index is 4.48. The van der Waals surface area contributed by atoms with Gasteiger partial charge in [0.25, 0.3) is 0 Å². The molecule has 0 bridgehead atoms. The van der Waals surface area contributed by atoms with Crippen molar-refractivity contribution in [2.75, 3.05) is 26.2 Å². The molecule has 0 aromatic carbocycles. The molecule has 0 saturated carbocycles. The van der Waals surface area contributed by atoms with E-state index in [1.165, 1.54) is 0 Å². The van der Waals surface area contributed by atoms with Crippen LogP contribution in [-0.4, -0.2) is 42.2 Å². The zero-order valence-corrected chi connectivity index (χ0v) is 11.2. The summed E-state index contributed by atoms with van der Waals surface area (Å²) in [7, 11) is 0. The molecule has 0 heterocycles. The summed E-state index contributed by atoms with van der Waals surface area (Å²) in [6.45, 7) is 12.6. The number of carbonyl (C=O) groups is 1. The standard InChI is InChI=1S/C12H26N2O2/c1-6-14(8-11(2,3)7-13)9-12(4,5)10(15)16/h6-9,13H2,1-5H3,(H,15,16). The van der Waals surface area contributed by atoms with Crippen LogP contribution in [0.15, 0.2) is 0 Å². The van der Waals surface area contributed by atoms with Crippen molar-refractivity contribution < 1.29 is 9.90 Å². The van der Waals surface area contributed by atoms with Crippen molar-refractivity contribution in [2.45, 2.75) is 34.6 Å². The predicted molar refractivity (Wildman–Crippen MR) is 66.4 cm³/mol. The van der Waals surface area contributed by atoms with E-state index in [0.717, 1.165) is 13.1 Å². The lowest BCUT2D eigenvalue weighted by Gasteiger charge is -2.34. The van der Waals surface area contributed by atoms with Crippen LogP contribution in [0.1, 0.15) is 34.6 Å². The molecule has 0 aliphatic rings. The molecule has 0 aliphatic carbocycles. The second-order valence-corrected chi connectivity index (χ2v) is 5.86. The largest absolute Gasteiger partial charge is 0.481 e. The molecule has 0 amide bonds. The summed E-state index contributed by atoms with van der Waals surface area (Å²) in [5, 5.41) is 9.09. The monoisotopic (exact) mass is 230 g/mol. The van der Waals surface area contributed by atoms with Crippen LogP contribution < -0.4 is 5.73 Å². The van der Waals surface area contributed by atoms with Gasteiger partial charge in [-0.15, -0.1) is 0 Å². The molecule has 3 N–H and O–H groups in total. The Hall–Kier alpha value is -0.610. The fourth-order valence-electron chi connectivity index (χ4n) is 1.58. The lowest BCUT2D eigenvalue weighted by atomic mass is 9.89. The summed E-state index contributed by atoms with van der Waals surface area (Å²) in [6, 6.07) is 0. The molecular weight excluding hydrogens is 204 g/mol. The molecular formula is C12H26N2O2. The van der Waals surface area contributed by atoms with Crippen molar-refractivity contribution in [3.63, 3.8) is 0 Å². The highest BCUT2D eigenvalue weighted by molar-refractivity contribution is 5.73. The van der Waals surface area contributed by atoms with Gasteiger partial charge in [-0.2, -0.15) is 0 Å². The molecule has 16 heavy (non-hydrogen) atoms. The van der Waals surface area contributed by atoms with E-state index in [4.69, 9.17) is 10.8 Å². The van der Waals surface area contributed by atoms with Crippen LogP contribution in [0.5, 0.6) is 0 Å². The number of carboxylic acid groups (broad SMARTS) is 1. The summed E-state index contributed by atoms with van der Waals surface area (Å²) in [5.41, 5.74) is 5.01. The fourth-order valence-corrected chi connectivity index (χ4v) is 1.58. The maximum absolute atomic E-state index is 11.1. The van der Waals surface area contributed by atoms with Gasteiger partial charge in [-0.3, -0.25) is 4.79 Å². The zero-order valence-electron chi connectivity index (χ0n) is 11.2. The maximum atomic E-state index is 11.1. The van der Waals surface area contributed by atoms with Gasteiger partial charge >= 0.3 is 5.97 Å². The lowest BCUT2D eigenvalue weighted by Crippen LogP contribution is -2.45. The Kier molecular flexibility index (Phi) is 5.42. The molecule has 0 fully saturated rings. The normalized spacial score (nSPS) is 13.2. The van der Waals surface area contributed by atoms with Crippen molar-refractivity contribution in [3.05, 3.63) is 0 Å². The summed E-state index contributed by atoms with van der Waals surface area (Å²) in [4.78, 5) is 13.2. The third-order valence-corrected chi connectivity index (χ3v) is 2.85. The Labute approximate surface area is 98.8 Å². The first-order valence-corrected chi connectivity index (χ1v) is 5.80. The van der Waals surface area contributed by atoms with Gasteiger partial charge in [0.15, 0.2) is 0 Å². The van der Waals surface area contributed by atoms with Gasteiger partial charge in [-0.05, 0) is 32.4 Å². The predicted octanol–water partition coefficient (Wildman–Crippen LogP) is 1.40. The smallest absolute Gasteiger partial charge is 0.310 e. The Morgan fingerprint density at radius 3 is 2.06 bits per heavy atom. The zero-order chi connectivity index (χ0) is 13.0. The molecule has 0 aliphatic heterocycles. The van der Waals surface area contributed by atoms with E-state index in [9.17, 15) is 4.79 Å². The molecule has 4 nitrogen and oxygen atoms in total. The topological polar surface area (TPSA) is 66.6 Å². The van der Waals surface area contributed by atoms with Crippen molar-refractivity contribution >= 4 is 5.97 Å². The second-order valence-electron chi connectivity index (χ2n) is 5.86. The third kappa shape index (κ3) is 4.94. The number of carboxylic acids is 1. The number of hydrogen-bond donors (Lipinski definition) is 2.